The van der Waals surface area contributed by atoms with Crippen molar-refractivity contribution in [2.75, 3.05) is 17.9 Å². The summed E-state index contributed by atoms with van der Waals surface area (Å²) in [7, 11) is 21.7. The molecule has 0 aliphatic carbocycles. The summed E-state index contributed by atoms with van der Waals surface area (Å²) in [6.45, 7) is 26.7. The van der Waals surface area contributed by atoms with Crippen LogP contribution in [0, 0.1) is 6.92 Å². The van der Waals surface area contributed by atoms with Gasteiger partial charge in [0.15, 0.2) is 5.75 Å². The van der Waals surface area contributed by atoms with Crippen LogP contribution in [0.4, 0.5) is 45.2 Å². The highest BCUT2D eigenvalue weighted by atomic mass is 79.9. The molecule has 16 aromatic rings. The van der Waals surface area contributed by atoms with Crippen molar-refractivity contribution in [1.29, 1.82) is 0 Å². The number of hydrogen-bond acceptors (Lipinski definition) is 16. The lowest BCUT2D eigenvalue weighted by molar-refractivity contribution is -0.0501. The summed E-state index contributed by atoms with van der Waals surface area (Å²) >= 11 is 4.65. The molecule has 46 heteroatoms. The van der Waals surface area contributed by atoms with E-state index in [4.69, 9.17) is 71.0 Å². The largest absolute Gasteiger partial charge is 0.643 e. The molecule has 12 aromatic heterocycles. The van der Waals surface area contributed by atoms with Crippen molar-refractivity contribution in [1.82, 2.24) is 57.7 Å². The topological polar surface area (TPSA) is 257 Å². The van der Waals surface area contributed by atoms with Crippen LogP contribution in [-0.4, -0.2) is 168 Å². The number of aromatic nitrogens is 12. The Balaban J connectivity index is 0.000000394. The van der Waals surface area contributed by atoms with Crippen LogP contribution in [0.3, 0.4) is 0 Å². The Morgan fingerprint density at radius 3 is 1.04 bits per heavy atom. The second-order valence-corrected chi connectivity index (χ2v) is 42.7. The van der Waals surface area contributed by atoms with E-state index in [1.807, 2.05) is 83.9 Å². The normalized spacial score (nSPS) is 11.3. The number of aromatic hydroxyl groups is 1. The van der Waals surface area contributed by atoms with Crippen LogP contribution in [0.1, 0.15) is 99.7 Å². The van der Waals surface area contributed by atoms with Crippen LogP contribution in [0.2, 0.25) is 20.5 Å². The van der Waals surface area contributed by atoms with Gasteiger partial charge in [-0.2, -0.15) is 95.4 Å². The Labute approximate surface area is 803 Å². The van der Waals surface area contributed by atoms with E-state index in [0.29, 0.717) is 50.8 Å². The van der Waals surface area contributed by atoms with Crippen LogP contribution in [0.5, 0.6) is 23.0 Å². The van der Waals surface area contributed by atoms with E-state index in [1.165, 1.54) is 66.9 Å². The summed E-state index contributed by atoms with van der Waals surface area (Å²) in [5, 5.41) is 33.6. The SMILES string of the molecule is CB(C)C.CC.COc1cc(Br)cn2nccc12.Cc1ccc(C(C)C)cc1.O=S(=O)(N(c1ccccc1)S(=O)(=O)C(F)(F)F)C(F)(F)F.O=S(=O)(Oc1cc(Br)cn2nccc12)C(F)(F)F.[2HH].[2HH].[2HH].[B]c1cc(-c2ccc(C(C)C)cc2)c2ccnn2c1.[B]c1cc(-c2ccc(C(C)C)cc2)c2ccnn2c1.[B]c1cc(O)c2ccnn2c1.[B]c1cc(OC)c2ccnn2c1.[Cl][Al]([Cl])[Cl]. The molecule has 12 heterocycles. The van der Waals surface area contributed by atoms with Crippen LogP contribution in [0.25, 0.3) is 55.4 Å². The van der Waals surface area contributed by atoms with Gasteiger partial charge in [0.1, 0.15) is 77.4 Å². The molecule has 0 saturated carbocycles. The number of fused-ring (bicyclic) bond motifs is 6. The second-order valence-electron chi connectivity index (χ2n) is 29.1. The zero-order valence-electron chi connectivity index (χ0n) is 73.3. The fraction of sp³-hybridized carbons (Fsp3) is 0.233. The fourth-order valence-electron chi connectivity index (χ4n) is 11.3. The molecule has 16 rings (SSSR count). The molecule has 0 aliphatic rings. The van der Waals surface area contributed by atoms with Gasteiger partial charge in [-0.3, -0.25) is 0 Å². The average molecular weight is 2090 g/mol. The number of nitrogens with zero attached hydrogens (tertiary/aromatic N) is 13. The number of para-hydroxylation sites is 1. The van der Waals surface area contributed by atoms with E-state index >= 15 is 0 Å². The van der Waals surface area contributed by atoms with Gasteiger partial charge in [-0.1, -0.05) is 206 Å². The molecule has 0 spiro atoms. The number of sulfonamides is 2. The number of hydrogen-bond donors (Lipinski definition) is 1. The minimum Gasteiger partial charge on any atom is -0.506 e. The summed E-state index contributed by atoms with van der Waals surface area (Å²) in [6, 6.07) is 51.0. The first-order valence-corrected chi connectivity index (χ1v) is 50.5. The minimum atomic E-state index is -6.81. The highest BCUT2D eigenvalue weighted by Gasteiger charge is 2.62. The molecule has 0 amide bonds. The van der Waals surface area contributed by atoms with E-state index in [-0.39, 0.29) is 15.5 Å². The monoisotopic (exact) mass is 2080 g/mol. The molecule has 0 bridgehead atoms. The van der Waals surface area contributed by atoms with Crippen LogP contribution in [0.15, 0.2) is 259 Å². The van der Waals surface area contributed by atoms with Gasteiger partial charge in [-0.05, 0) is 157 Å². The van der Waals surface area contributed by atoms with Crippen molar-refractivity contribution in [3.05, 3.63) is 281 Å². The van der Waals surface area contributed by atoms with Gasteiger partial charge < -0.3 is 18.8 Å². The molecule has 0 atom stereocenters. The quantitative estimate of drug-likeness (QED) is 0.0516. The molecule has 0 unspecified atom stereocenters. The predicted molar refractivity (Wildman–Crippen MR) is 526 cm³/mol. The van der Waals surface area contributed by atoms with Crippen LogP contribution < -0.4 is 39.2 Å². The number of halogens is 14. The van der Waals surface area contributed by atoms with Crippen molar-refractivity contribution < 1.29 is 87.8 Å². The van der Waals surface area contributed by atoms with Gasteiger partial charge in [0.25, 0.3) is 0 Å². The molecule has 23 nitrogen and oxygen atoms in total. The van der Waals surface area contributed by atoms with Gasteiger partial charge in [-0.15, -0.1) is 3.71 Å². The Morgan fingerprint density at radius 2 is 0.705 bits per heavy atom. The van der Waals surface area contributed by atoms with E-state index in [1.54, 1.807) is 78.8 Å². The van der Waals surface area contributed by atoms with Crippen LogP contribution in [-0.2, 0) is 30.2 Å². The lowest BCUT2D eigenvalue weighted by atomic mass is 9.58. The molecule has 0 aliphatic heterocycles. The van der Waals surface area contributed by atoms with Gasteiger partial charge >= 0.3 is 58.1 Å². The van der Waals surface area contributed by atoms with Crippen LogP contribution >= 0.6 is 62.0 Å². The van der Waals surface area contributed by atoms with Crippen molar-refractivity contribution in [2.24, 2.45) is 0 Å². The Morgan fingerprint density at radius 1 is 0.424 bits per heavy atom. The highest BCUT2D eigenvalue weighted by Crippen LogP contribution is 2.40. The Kier molecular flexibility index (Phi) is 41.7. The first kappa shape index (κ1) is 111. The fourth-order valence-corrected chi connectivity index (χ4v) is 15.3. The maximum Gasteiger partial charge on any atom is 0.643 e. The maximum absolute atomic E-state index is 12.4. The summed E-state index contributed by atoms with van der Waals surface area (Å²) in [5.41, 5.74) is -1.84. The zero-order valence-corrected chi connectivity index (χ0v) is 82.4. The smallest absolute Gasteiger partial charge is 0.506 e. The summed E-state index contributed by atoms with van der Waals surface area (Å²) in [5.74, 6) is 3.01. The van der Waals surface area contributed by atoms with E-state index in [0.717, 1.165) is 91.1 Å². The number of alkyl halides is 9. The Bertz CT molecular complexity index is 6520. The van der Waals surface area contributed by atoms with Gasteiger partial charge in [0.05, 0.1) is 55.7 Å². The molecule has 8 radical (unpaired) electrons. The molecular weight excluding hydrogens is 1990 g/mol. The predicted octanol–water partition coefficient (Wildman–Crippen LogP) is 20.4. The van der Waals surface area contributed by atoms with Gasteiger partial charge in [0.2, 0.25) is 0 Å². The van der Waals surface area contributed by atoms with Crippen molar-refractivity contribution in [3.8, 4) is 45.3 Å². The lowest BCUT2D eigenvalue weighted by Gasteiger charge is -2.25. The number of pyridine rings is 6. The average Bonchev–Trinajstić information content (AvgIpc) is 1.73. The summed E-state index contributed by atoms with van der Waals surface area (Å²) in [6.07, 6.45) is 20.3. The molecular formula is C86H93AlB5Br2Cl3F9N13O10S3. The van der Waals surface area contributed by atoms with E-state index < -0.39 is 73.2 Å². The van der Waals surface area contributed by atoms with Crippen molar-refractivity contribution >= 4 is 202 Å². The molecule has 1 N–H and O–H groups in total. The number of rotatable bonds is 12. The summed E-state index contributed by atoms with van der Waals surface area (Å²) < 4.78 is 201. The van der Waals surface area contributed by atoms with Crippen molar-refractivity contribution in [3.63, 3.8) is 0 Å². The third kappa shape index (κ3) is 31.5. The molecule has 696 valence electrons. The van der Waals surface area contributed by atoms with Crippen molar-refractivity contribution in [2.45, 2.75) is 117 Å². The third-order valence-corrected chi connectivity index (χ3v) is 22.8. The minimum absolute atomic E-state index is 0. The van der Waals surface area contributed by atoms with E-state index in [2.05, 4.69) is 208 Å². The highest BCUT2D eigenvalue weighted by molar-refractivity contribution is 9.10. The molecule has 0 saturated heterocycles. The number of anilines is 1. The standard InChI is InChI=1S/2C16H15BN2.C10H14.C8H7BN2O.C8H4BrF3N2O3S.C8H7BrN2O.C8H5F6NO4S2.C7H5BN2O.C3H9B.C2H6.Al.3ClH.3H2/c2*1-11(2)12-3-5-13(6-4-12)15-9-14(17)10-19-16(15)7-8-18-19;1-8(2)10-6-4-9(3)5-7-10;1-12-8-4-6(9)5-11-7(8)2-3-10-11;9-5-3-7(6-1-2-13-14(6)4-5)17-18(15,16)8(10,11)12;1-12-8-4-6(9)5-11-7(8)2-3-10-11;9-7(10,11)20(16,17)15(6-4-2-1-3-5-6)21(18,19)8(12,13)14;8-5-3-7(11)6-1-2-9-10(6)4-5;1-4(2)3;1-2;;;;;;;/h2*3-11H,1-2H3;4-8H,1-3H3;2-5H,1H3;1-4H;2-5H,1H3;1-5H;1-4,11H;1-3H3;1-2H3;;6*1H/q;;;;;;;;;;+3;;;;;;/p-3/i;;;;;;;;;;;;;;3*1+1. The number of benzene rings is 4. The number of ether oxygens (including phenoxy) is 2. The number of methoxy groups -OCH3 is 2. The number of aryl methyl sites for hydroxylation is 1. The third-order valence-electron chi connectivity index (χ3n) is 17.4. The molecule has 4 aromatic carbocycles. The lowest BCUT2D eigenvalue weighted by Crippen LogP contribution is -2.49. The van der Waals surface area contributed by atoms with E-state index in [9.17, 15) is 69.9 Å². The maximum atomic E-state index is 12.4. The van der Waals surface area contributed by atoms with Gasteiger partial charge in [0, 0.05) is 73.9 Å². The Hall–Kier alpha value is -10.1. The molecule has 132 heavy (non-hydrogen) atoms. The first-order valence-electron chi connectivity index (χ1n) is 39.4. The summed E-state index contributed by atoms with van der Waals surface area (Å²) in [4.78, 5) is 0. The molecule has 0 fully saturated rings. The van der Waals surface area contributed by atoms with Gasteiger partial charge in [-0.25, -0.2) is 57.2 Å². The zero-order chi connectivity index (χ0) is 98.7. The first-order chi connectivity index (χ1) is 61.8. The second kappa shape index (κ2) is 49.8.